The molecule has 1 aromatic heterocycles. The van der Waals surface area contributed by atoms with Crippen LogP contribution in [-0.4, -0.2) is 49.1 Å². The molecule has 0 unspecified atom stereocenters. The number of benzene rings is 3. The number of fused-ring (bicyclic) bond motifs is 1. The molecule has 3 aromatic carbocycles. The minimum Gasteiger partial charge on any atom is -0.482 e. The van der Waals surface area contributed by atoms with E-state index < -0.39 is 11.8 Å². The first-order valence-corrected chi connectivity index (χ1v) is 13.5. The molecule has 0 spiro atoms. The van der Waals surface area contributed by atoms with Gasteiger partial charge in [-0.3, -0.25) is 0 Å². The Kier molecular flexibility index (Phi) is 9.08. The molecule has 7 nitrogen and oxygen atoms in total. The number of aliphatic hydroxyl groups is 1. The summed E-state index contributed by atoms with van der Waals surface area (Å²) in [5.74, 6) is -0.831. The van der Waals surface area contributed by atoms with Crippen LogP contribution in [0.1, 0.15) is 28.8 Å². The van der Waals surface area contributed by atoms with Crippen molar-refractivity contribution in [3.63, 3.8) is 0 Å². The number of esters is 1. The van der Waals surface area contributed by atoms with Crippen LogP contribution in [0.3, 0.4) is 0 Å². The second-order valence-electron chi connectivity index (χ2n) is 9.32. The van der Waals surface area contributed by atoms with E-state index in [-0.39, 0.29) is 19.8 Å². The second kappa shape index (κ2) is 13.1. The molecule has 0 atom stereocenters. The van der Waals surface area contributed by atoms with Crippen molar-refractivity contribution in [2.45, 2.75) is 18.6 Å². The summed E-state index contributed by atoms with van der Waals surface area (Å²) >= 11 is 6.14. The molecule has 0 radical (unpaired) electrons. The molecule has 1 aliphatic rings. The van der Waals surface area contributed by atoms with Gasteiger partial charge in [-0.15, -0.1) is 0 Å². The molecule has 40 heavy (non-hydrogen) atoms. The lowest BCUT2D eigenvalue weighted by Crippen LogP contribution is -2.28. The van der Waals surface area contributed by atoms with Crippen molar-refractivity contribution in [1.29, 1.82) is 0 Å². The van der Waals surface area contributed by atoms with Crippen molar-refractivity contribution in [1.82, 2.24) is 4.98 Å². The fourth-order valence-electron chi connectivity index (χ4n) is 4.66. The van der Waals surface area contributed by atoms with Gasteiger partial charge in [0.2, 0.25) is 0 Å². The molecule has 5 rings (SSSR count). The number of hydrogen-bond donors (Lipinski definition) is 1. The number of aromatic nitrogens is 1. The topological polar surface area (TPSA) is 87.1 Å². The molecule has 0 bridgehead atoms. The van der Waals surface area contributed by atoms with Crippen LogP contribution in [0.4, 0.5) is 0 Å². The van der Waals surface area contributed by atoms with Gasteiger partial charge in [-0.05, 0) is 54.0 Å². The highest BCUT2D eigenvalue weighted by atomic mass is 35.5. The Morgan fingerprint density at radius 2 is 1.82 bits per heavy atom. The van der Waals surface area contributed by atoms with Crippen molar-refractivity contribution in [3.8, 4) is 5.75 Å². The molecule has 206 valence electrons. The zero-order valence-corrected chi connectivity index (χ0v) is 22.7. The first kappa shape index (κ1) is 27.8. The van der Waals surface area contributed by atoms with Gasteiger partial charge in [-0.2, -0.15) is 0 Å². The maximum absolute atomic E-state index is 11.8. The van der Waals surface area contributed by atoms with E-state index in [2.05, 4.69) is 6.07 Å². The first-order chi connectivity index (χ1) is 19.5. The Hall–Kier alpha value is -3.75. The number of hydrogen-bond acceptors (Lipinski definition) is 7. The van der Waals surface area contributed by atoms with E-state index in [9.17, 15) is 4.79 Å². The van der Waals surface area contributed by atoms with E-state index >= 15 is 0 Å². The van der Waals surface area contributed by atoms with Gasteiger partial charge in [0.15, 0.2) is 12.4 Å². The zero-order chi connectivity index (χ0) is 27.8. The number of aryl methyl sites for hydroxylation is 1. The predicted molar refractivity (Wildman–Crippen MR) is 154 cm³/mol. The molecule has 0 amide bonds. The fraction of sp³-hybridized carbons (Fsp3) is 0.250. The second-order valence-corrected chi connectivity index (χ2v) is 9.76. The maximum Gasteiger partial charge on any atom is 0.344 e. The van der Waals surface area contributed by atoms with Crippen molar-refractivity contribution in [2.75, 3.05) is 33.0 Å². The van der Waals surface area contributed by atoms with Crippen LogP contribution in [-0.2, 0) is 31.2 Å². The van der Waals surface area contributed by atoms with Crippen LogP contribution in [0.5, 0.6) is 5.75 Å². The largest absolute Gasteiger partial charge is 0.482 e. The molecule has 1 aliphatic heterocycles. The Labute approximate surface area is 237 Å². The number of rotatable bonds is 11. The monoisotopic (exact) mass is 559 g/mol. The molecule has 2 heterocycles. The minimum atomic E-state index is -0.894. The highest BCUT2D eigenvalue weighted by molar-refractivity contribution is 6.31. The normalized spacial score (nSPS) is 14.6. The van der Waals surface area contributed by atoms with Gasteiger partial charge in [0.05, 0.1) is 31.0 Å². The highest BCUT2D eigenvalue weighted by Gasteiger charge is 2.38. The summed E-state index contributed by atoms with van der Waals surface area (Å²) in [4.78, 5) is 16.5. The van der Waals surface area contributed by atoms with Crippen molar-refractivity contribution in [3.05, 3.63) is 106 Å². The van der Waals surface area contributed by atoms with Gasteiger partial charge < -0.3 is 24.1 Å². The molecular formula is C32H30ClNO6. The lowest BCUT2D eigenvalue weighted by atomic mass is 9.95. The number of nitrogens with zero attached hydrogens (tertiary/aromatic N) is 1. The van der Waals surface area contributed by atoms with Crippen LogP contribution >= 0.6 is 11.6 Å². The lowest BCUT2D eigenvalue weighted by molar-refractivity contribution is -0.170. The number of ether oxygens (including phenoxy) is 4. The summed E-state index contributed by atoms with van der Waals surface area (Å²) in [7, 11) is 0. The number of carbonyl (C=O) groups excluding carboxylic acids is 1. The van der Waals surface area contributed by atoms with E-state index in [1.165, 1.54) is 0 Å². The Morgan fingerprint density at radius 1 is 1.00 bits per heavy atom. The SMILES string of the molecule is O=C(COc1ccccc1CCC1(c2cccc(/C=C/c3ccc4ccc(Cl)cc4n3)c2)OCCO1)OCCO. The van der Waals surface area contributed by atoms with Gasteiger partial charge in [0.25, 0.3) is 0 Å². The number of para-hydroxylation sites is 1. The van der Waals surface area contributed by atoms with Gasteiger partial charge in [-0.1, -0.05) is 66.2 Å². The smallest absolute Gasteiger partial charge is 0.344 e. The van der Waals surface area contributed by atoms with E-state index in [0.717, 1.165) is 33.3 Å². The highest BCUT2D eigenvalue weighted by Crippen LogP contribution is 2.37. The van der Waals surface area contributed by atoms with Gasteiger partial charge in [0, 0.05) is 22.4 Å². The third-order valence-corrected chi connectivity index (χ3v) is 6.83. The van der Waals surface area contributed by atoms with Crippen LogP contribution in [0.2, 0.25) is 5.02 Å². The van der Waals surface area contributed by atoms with Crippen LogP contribution in [0.25, 0.3) is 23.1 Å². The summed E-state index contributed by atoms with van der Waals surface area (Å²) < 4.78 is 23.0. The van der Waals surface area contributed by atoms with Crippen molar-refractivity contribution < 1.29 is 28.8 Å². The lowest BCUT2D eigenvalue weighted by Gasteiger charge is -2.28. The molecule has 1 saturated heterocycles. The first-order valence-electron chi connectivity index (χ1n) is 13.1. The zero-order valence-electron chi connectivity index (χ0n) is 21.9. The predicted octanol–water partition coefficient (Wildman–Crippen LogP) is 5.81. The van der Waals surface area contributed by atoms with E-state index in [0.29, 0.717) is 36.8 Å². The van der Waals surface area contributed by atoms with Crippen LogP contribution in [0.15, 0.2) is 78.9 Å². The summed E-state index contributed by atoms with van der Waals surface area (Å²) in [6.45, 7) is 0.486. The standard InChI is InChI=1S/C32H30ClNO6/c33-27-11-9-24-10-13-28(34-29(24)21-27)12-8-23-4-3-6-26(20-23)32(39-18-19-40-32)15-14-25-5-1-2-7-30(25)38-22-31(36)37-17-16-35/h1-13,20-21,35H,14-19,22H2/b12-8+. The van der Waals surface area contributed by atoms with Gasteiger partial charge in [0.1, 0.15) is 12.4 Å². The van der Waals surface area contributed by atoms with Crippen molar-refractivity contribution in [2.24, 2.45) is 0 Å². The molecule has 4 aromatic rings. The number of halogens is 1. The quantitative estimate of drug-likeness (QED) is 0.232. The van der Waals surface area contributed by atoms with E-state index in [1.54, 1.807) is 0 Å². The number of pyridine rings is 1. The molecule has 8 heteroatoms. The molecular weight excluding hydrogens is 530 g/mol. The Morgan fingerprint density at radius 3 is 2.67 bits per heavy atom. The van der Waals surface area contributed by atoms with Gasteiger partial charge in [-0.25, -0.2) is 9.78 Å². The molecule has 0 saturated carbocycles. The van der Waals surface area contributed by atoms with E-state index in [4.69, 9.17) is 40.6 Å². The van der Waals surface area contributed by atoms with Crippen LogP contribution in [0, 0.1) is 0 Å². The minimum absolute atomic E-state index is 0.0526. The fourth-order valence-corrected chi connectivity index (χ4v) is 4.82. The Balaban J connectivity index is 1.30. The summed E-state index contributed by atoms with van der Waals surface area (Å²) in [6.07, 6.45) is 5.15. The molecule has 0 aliphatic carbocycles. The molecule has 1 N–H and O–H groups in total. The third-order valence-electron chi connectivity index (χ3n) is 6.60. The van der Waals surface area contributed by atoms with Crippen molar-refractivity contribution >= 4 is 40.6 Å². The summed E-state index contributed by atoms with van der Waals surface area (Å²) in [5, 5.41) is 10.5. The van der Waals surface area contributed by atoms with E-state index in [1.807, 2.05) is 84.9 Å². The summed E-state index contributed by atoms with van der Waals surface area (Å²) in [6, 6.07) is 25.3. The third kappa shape index (κ3) is 6.87. The van der Waals surface area contributed by atoms with Gasteiger partial charge >= 0.3 is 5.97 Å². The summed E-state index contributed by atoms with van der Waals surface area (Å²) in [5.41, 5.74) is 4.53. The average molecular weight is 560 g/mol. The number of carbonyl (C=O) groups is 1. The van der Waals surface area contributed by atoms with Crippen LogP contribution < -0.4 is 4.74 Å². The number of aliphatic hydroxyl groups excluding tert-OH is 1. The maximum atomic E-state index is 11.8. The average Bonchev–Trinajstić information content (AvgIpc) is 3.47. The Bertz CT molecular complexity index is 1500. The molecule has 1 fully saturated rings.